The van der Waals surface area contributed by atoms with Crippen molar-refractivity contribution < 1.29 is 18.9 Å². The molecule has 0 spiro atoms. The van der Waals surface area contributed by atoms with Crippen LogP contribution in [0, 0.1) is 11.8 Å². The number of H-pyrrole nitrogens is 2. The lowest BCUT2D eigenvalue weighted by Gasteiger charge is -2.21. The average Bonchev–Trinajstić information content (AvgIpc) is 4.14. The van der Waals surface area contributed by atoms with Crippen molar-refractivity contribution in [3.8, 4) is 11.8 Å². The van der Waals surface area contributed by atoms with E-state index in [0.29, 0.717) is 46.4 Å². The first-order chi connectivity index (χ1) is 30.7. The van der Waals surface area contributed by atoms with Gasteiger partial charge in [0.15, 0.2) is 11.0 Å². The lowest BCUT2D eigenvalue weighted by Crippen LogP contribution is -2.24. The molecule has 0 radical (unpaired) electrons. The van der Waals surface area contributed by atoms with Crippen LogP contribution in [0.4, 0.5) is 0 Å². The number of nitrogens with zero attached hydrogens (tertiary/aromatic N) is 9. The maximum absolute atomic E-state index is 12.8. The molecule has 10 heterocycles. The van der Waals surface area contributed by atoms with Crippen LogP contribution in [0.25, 0.3) is 11.0 Å². The van der Waals surface area contributed by atoms with Crippen molar-refractivity contribution in [2.45, 2.75) is 75.6 Å². The summed E-state index contributed by atoms with van der Waals surface area (Å²) in [7, 11) is 3.21. The van der Waals surface area contributed by atoms with E-state index in [4.69, 9.17) is 40.7 Å². The molecule has 336 valence electrons. The molecule has 0 amide bonds. The van der Waals surface area contributed by atoms with Gasteiger partial charge in [0.05, 0.1) is 43.9 Å². The van der Waals surface area contributed by atoms with E-state index in [-0.39, 0.29) is 28.9 Å². The highest BCUT2D eigenvalue weighted by molar-refractivity contribution is 6.16. The smallest absolute Gasteiger partial charge is 0.276 e. The molecule has 0 bridgehead atoms. The fourth-order valence-electron chi connectivity index (χ4n) is 8.93. The number of imidazole rings is 2. The number of aromatic nitrogens is 10. The molecule has 4 aliphatic heterocycles. The third-order valence-corrected chi connectivity index (χ3v) is 12.8. The standard InChI is InChI=1S/C22H28N6O3.C15H21N5O2.C7H8ClNO/c1-14-11-27(12-16-4-3-5-19(24-16)30-2)13-17(14)20-25-22(29)18-10-23-21(28(18)26-20)15-6-8-31-9-7-15;1-9-6-16-7-11(9)13-18-15(21)12-8-17-14(20(12)19-13)10-2-4-22-5-3-10;1-10-7-4-2-3-6(5-8)9-7/h3-5,10,14-15,17H,6-9,11-13H2,1-2H3,(H,25,26,29);8-11,16H,2-7H2,1H3,(H,18,19,21);2-4H,5H2,1H3. The summed E-state index contributed by atoms with van der Waals surface area (Å²) in [6.45, 7) is 11.6. The Labute approximate surface area is 370 Å². The summed E-state index contributed by atoms with van der Waals surface area (Å²) in [5.41, 5.74) is 2.62. The molecule has 4 saturated heterocycles. The maximum atomic E-state index is 12.8. The van der Waals surface area contributed by atoms with Crippen LogP contribution < -0.4 is 25.9 Å². The van der Waals surface area contributed by atoms with Gasteiger partial charge in [-0.05, 0) is 56.2 Å². The molecule has 18 nitrogen and oxygen atoms in total. The van der Waals surface area contributed by atoms with Crippen molar-refractivity contribution in [2.75, 3.05) is 66.8 Å². The quantitative estimate of drug-likeness (QED) is 0.172. The van der Waals surface area contributed by atoms with Gasteiger partial charge in [0.1, 0.15) is 23.3 Å². The van der Waals surface area contributed by atoms with E-state index in [0.717, 1.165) is 120 Å². The summed E-state index contributed by atoms with van der Waals surface area (Å²) in [6, 6.07) is 11.3. The molecule has 4 fully saturated rings. The van der Waals surface area contributed by atoms with Gasteiger partial charge in [-0.1, -0.05) is 26.0 Å². The summed E-state index contributed by atoms with van der Waals surface area (Å²) in [5, 5.41) is 12.9. The number of fused-ring (bicyclic) bond motifs is 2. The summed E-state index contributed by atoms with van der Waals surface area (Å²) >= 11 is 5.54. The molecule has 0 saturated carbocycles. The number of rotatable bonds is 9. The van der Waals surface area contributed by atoms with Crippen LogP contribution >= 0.6 is 11.6 Å². The van der Waals surface area contributed by atoms with Gasteiger partial charge in [0, 0.05) is 88.4 Å². The zero-order valence-corrected chi connectivity index (χ0v) is 37.1. The van der Waals surface area contributed by atoms with Gasteiger partial charge in [-0.25, -0.2) is 29.0 Å². The molecular weight excluding hydrogens is 828 g/mol. The first-order valence-corrected chi connectivity index (χ1v) is 22.4. The molecule has 4 unspecified atom stereocenters. The molecule has 19 heteroatoms. The van der Waals surface area contributed by atoms with Crippen LogP contribution in [0.5, 0.6) is 11.8 Å². The molecule has 0 aliphatic carbocycles. The van der Waals surface area contributed by atoms with Crippen LogP contribution in [-0.2, 0) is 21.9 Å². The van der Waals surface area contributed by atoms with Crippen LogP contribution in [0.1, 0.15) is 97.9 Å². The van der Waals surface area contributed by atoms with Crippen molar-refractivity contribution in [3.63, 3.8) is 0 Å². The van der Waals surface area contributed by atoms with Crippen molar-refractivity contribution in [3.05, 3.63) is 104 Å². The minimum Gasteiger partial charge on any atom is -0.481 e. The minimum absolute atomic E-state index is 0.102. The van der Waals surface area contributed by atoms with Crippen LogP contribution in [0.3, 0.4) is 0 Å². The second-order valence-corrected chi connectivity index (χ2v) is 17.0. The largest absolute Gasteiger partial charge is 0.481 e. The van der Waals surface area contributed by atoms with E-state index in [1.54, 1.807) is 41.7 Å². The number of ether oxygens (including phenoxy) is 4. The van der Waals surface area contributed by atoms with Gasteiger partial charge in [-0.2, -0.15) is 10.2 Å². The lowest BCUT2D eigenvalue weighted by molar-refractivity contribution is 0.0831. The molecule has 6 aromatic rings. The van der Waals surface area contributed by atoms with Crippen LogP contribution in [0.2, 0.25) is 0 Å². The molecule has 63 heavy (non-hydrogen) atoms. The predicted molar refractivity (Wildman–Crippen MR) is 236 cm³/mol. The Morgan fingerprint density at radius 3 is 1.73 bits per heavy atom. The highest BCUT2D eigenvalue weighted by atomic mass is 35.5. The number of methoxy groups -OCH3 is 2. The lowest BCUT2D eigenvalue weighted by atomic mass is 9.97. The molecular formula is C44H57ClN12O6. The monoisotopic (exact) mass is 884 g/mol. The van der Waals surface area contributed by atoms with E-state index in [2.05, 4.69) is 54.0 Å². The average molecular weight is 885 g/mol. The topological polar surface area (TPSA) is 204 Å². The van der Waals surface area contributed by atoms with Gasteiger partial charge in [-0.3, -0.25) is 14.5 Å². The molecule has 6 aromatic heterocycles. The number of hydrogen-bond acceptors (Lipinski definition) is 14. The summed E-state index contributed by atoms with van der Waals surface area (Å²) in [5.74, 6) is 6.74. The van der Waals surface area contributed by atoms with E-state index >= 15 is 0 Å². The maximum Gasteiger partial charge on any atom is 0.276 e. The number of nitrogens with one attached hydrogen (secondary N) is 3. The van der Waals surface area contributed by atoms with Gasteiger partial charge in [0.2, 0.25) is 11.8 Å². The zero-order valence-electron chi connectivity index (χ0n) is 36.3. The van der Waals surface area contributed by atoms with Gasteiger partial charge >= 0.3 is 0 Å². The fourth-order valence-corrected chi connectivity index (χ4v) is 9.08. The normalized spacial score (nSPS) is 22.1. The van der Waals surface area contributed by atoms with Gasteiger partial charge < -0.3 is 34.2 Å². The Bertz CT molecular complexity index is 2550. The Balaban J connectivity index is 0.000000147. The molecule has 0 aromatic carbocycles. The SMILES string of the molecule is CC1CNCC1c1nn2c(C3CCOCC3)ncc2c(=O)[nH]1.COc1cccc(CCl)n1.COc1cccc(CN2CC(C)C(c3nn4c(C5CCOCC5)ncc4c(=O)[nH]3)C2)n1. The fraction of sp³-hybridized carbons (Fsp3) is 0.545. The number of pyridine rings is 2. The second kappa shape index (κ2) is 20.5. The van der Waals surface area contributed by atoms with Crippen molar-refractivity contribution >= 4 is 22.6 Å². The van der Waals surface area contributed by atoms with Gasteiger partial charge in [0.25, 0.3) is 11.1 Å². The Morgan fingerprint density at radius 2 is 1.22 bits per heavy atom. The molecule has 4 aliphatic rings. The van der Waals surface area contributed by atoms with Crippen molar-refractivity contribution in [2.24, 2.45) is 11.8 Å². The first-order valence-electron chi connectivity index (χ1n) is 21.8. The number of likely N-dealkylation sites (tertiary alicyclic amines) is 1. The third-order valence-electron chi connectivity index (χ3n) is 12.5. The van der Waals surface area contributed by atoms with Crippen molar-refractivity contribution in [1.29, 1.82) is 0 Å². The number of alkyl halides is 1. The predicted octanol–water partition coefficient (Wildman–Crippen LogP) is 4.41. The van der Waals surface area contributed by atoms with Gasteiger partial charge in [-0.15, -0.1) is 11.6 Å². The summed E-state index contributed by atoms with van der Waals surface area (Å²) < 4.78 is 24.6. The molecule has 4 atom stereocenters. The number of aromatic amines is 2. The first kappa shape index (κ1) is 44.3. The number of halogens is 1. The van der Waals surface area contributed by atoms with Crippen molar-refractivity contribution in [1.82, 2.24) is 59.3 Å². The molecule has 3 N–H and O–H groups in total. The Kier molecular flexibility index (Phi) is 14.4. The zero-order chi connectivity index (χ0) is 43.9. The second-order valence-electron chi connectivity index (χ2n) is 16.8. The third kappa shape index (κ3) is 10.3. The van der Waals surface area contributed by atoms with E-state index in [1.807, 2.05) is 30.3 Å². The Hall–Kier alpha value is -5.27. The molecule has 10 rings (SSSR count). The number of hydrogen-bond donors (Lipinski definition) is 3. The minimum atomic E-state index is -0.129. The highest BCUT2D eigenvalue weighted by Crippen LogP contribution is 2.32. The summed E-state index contributed by atoms with van der Waals surface area (Å²) in [4.78, 5) is 51.1. The van der Waals surface area contributed by atoms with Crippen LogP contribution in [-0.4, -0.2) is 121 Å². The van der Waals surface area contributed by atoms with Crippen LogP contribution in [0.15, 0.2) is 58.4 Å². The van der Waals surface area contributed by atoms with E-state index in [9.17, 15) is 9.59 Å². The summed E-state index contributed by atoms with van der Waals surface area (Å²) in [6.07, 6.45) is 6.96. The van der Waals surface area contributed by atoms with E-state index < -0.39 is 0 Å². The highest BCUT2D eigenvalue weighted by Gasteiger charge is 2.34. The Morgan fingerprint density at radius 1 is 0.698 bits per heavy atom. The van der Waals surface area contributed by atoms with E-state index in [1.165, 1.54) is 0 Å².